The second-order valence-corrected chi connectivity index (χ2v) is 15.3. The Morgan fingerprint density at radius 1 is 0.824 bits per heavy atom. The predicted molar refractivity (Wildman–Crippen MR) is 174 cm³/mol. The van der Waals surface area contributed by atoms with Crippen molar-refractivity contribution in [1.29, 1.82) is 0 Å². The zero-order chi connectivity index (χ0) is 37.5. The first-order chi connectivity index (χ1) is 23.1. The summed E-state index contributed by atoms with van der Waals surface area (Å²) in [6.45, 7) is -0.847. The Kier molecular flexibility index (Phi) is 14.1. The molecule has 0 radical (unpaired) electrons. The third kappa shape index (κ3) is 12.8. The van der Waals surface area contributed by atoms with Crippen molar-refractivity contribution in [2.24, 2.45) is 20.5 Å². The van der Waals surface area contributed by atoms with Gasteiger partial charge in [-0.15, -0.1) is 15.3 Å². The minimum absolute atomic E-state index is 0. The molecule has 0 unspecified atom stereocenters. The number of carboxylic acids is 1. The molecule has 28 heteroatoms. The standard InChI is InChI=1S/C23H20N6O16S5.H2O/c24-17-12-16(23(30)31)21(28-27-18-6-3-14(11-19(18)48(34,35)36)46-9-7-43-45-50(40,41)42)20(25)22(17)29-26-13-1-4-15(5-2-13)47(32,33)10-8-44-49(37,38)39;/h1-6,11-12H,8,10,24-25H2,(H,30,31)(H,34,35,36)(H,37,38,39)(H,40,41,42);1H2. The second-order valence-electron chi connectivity index (χ2n) is 8.88. The number of thioether (sulfide) groups is 1. The van der Waals surface area contributed by atoms with Crippen molar-refractivity contribution in [3.05, 3.63) is 54.1 Å². The first kappa shape index (κ1) is 42.4. The molecular weight excluding hydrogens is 793 g/mol. The monoisotopic (exact) mass is 814 g/mol. The van der Waals surface area contributed by atoms with E-state index in [1.165, 1.54) is 18.2 Å². The molecule has 0 bridgehead atoms. The number of nitrogens with zero attached hydrogens (tertiary/aromatic N) is 4. The van der Waals surface area contributed by atoms with E-state index in [9.17, 15) is 48.1 Å². The number of nitrogens with two attached hydrogens (primary N) is 2. The first-order valence-corrected chi connectivity index (χ1v) is 19.1. The molecule has 0 saturated heterocycles. The van der Waals surface area contributed by atoms with Gasteiger partial charge in [0.15, 0.2) is 15.9 Å². The van der Waals surface area contributed by atoms with Crippen molar-refractivity contribution < 1.29 is 76.1 Å². The fraction of sp³-hybridized carbons (Fsp3) is 0.0870. The Morgan fingerprint density at radius 3 is 2.02 bits per heavy atom. The van der Waals surface area contributed by atoms with E-state index in [2.05, 4.69) is 39.1 Å². The molecule has 0 atom stereocenters. The molecule has 10 N–H and O–H groups in total. The molecule has 0 fully saturated rings. The number of carbonyl (C=O) groups is 1. The van der Waals surface area contributed by atoms with Crippen LogP contribution < -0.4 is 11.5 Å². The van der Waals surface area contributed by atoms with Crippen molar-refractivity contribution in [2.75, 3.05) is 23.8 Å². The van der Waals surface area contributed by atoms with Crippen molar-refractivity contribution >= 4 is 92.6 Å². The lowest BCUT2D eigenvalue weighted by Gasteiger charge is -2.10. The van der Waals surface area contributed by atoms with Gasteiger partial charge in [0.05, 0.1) is 39.9 Å². The molecule has 3 aromatic carbocycles. The molecule has 51 heavy (non-hydrogen) atoms. The fourth-order valence-electron chi connectivity index (χ4n) is 3.39. The van der Waals surface area contributed by atoms with E-state index in [4.69, 9.17) is 20.6 Å². The lowest BCUT2D eigenvalue weighted by molar-refractivity contribution is -0.135. The van der Waals surface area contributed by atoms with Crippen molar-refractivity contribution in [2.45, 2.75) is 14.7 Å². The van der Waals surface area contributed by atoms with Gasteiger partial charge in [0.25, 0.3) is 10.1 Å². The van der Waals surface area contributed by atoms with Crippen LogP contribution in [0, 0.1) is 11.4 Å². The van der Waals surface area contributed by atoms with E-state index in [0.29, 0.717) is 11.8 Å². The average Bonchev–Trinajstić information content (AvgIpc) is 2.98. The number of anilines is 2. The van der Waals surface area contributed by atoms with Crippen molar-refractivity contribution in [1.82, 2.24) is 0 Å². The Morgan fingerprint density at radius 2 is 1.45 bits per heavy atom. The quantitative estimate of drug-likeness (QED) is 0.0258. The lowest BCUT2D eigenvalue weighted by atomic mass is 10.1. The summed E-state index contributed by atoms with van der Waals surface area (Å²) in [6.07, 6.45) is 1.73. The van der Waals surface area contributed by atoms with Gasteiger partial charge in [-0.25, -0.2) is 17.4 Å². The van der Waals surface area contributed by atoms with Crippen LogP contribution in [-0.4, -0.2) is 76.2 Å². The molecule has 0 heterocycles. The van der Waals surface area contributed by atoms with Gasteiger partial charge in [0.1, 0.15) is 22.0 Å². The van der Waals surface area contributed by atoms with Crippen LogP contribution in [0.15, 0.2) is 83.7 Å². The number of nitrogen functional groups attached to an aromatic ring is 2. The maximum Gasteiger partial charge on any atom is 0.433 e. The van der Waals surface area contributed by atoms with E-state index in [1.807, 2.05) is 0 Å². The average molecular weight is 815 g/mol. The van der Waals surface area contributed by atoms with Crippen LogP contribution in [0.3, 0.4) is 0 Å². The van der Waals surface area contributed by atoms with Gasteiger partial charge in [0.2, 0.25) is 0 Å². The van der Waals surface area contributed by atoms with Gasteiger partial charge >= 0.3 is 26.8 Å². The summed E-state index contributed by atoms with van der Waals surface area (Å²) in [7, 11) is -18.8. The summed E-state index contributed by atoms with van der Waals surface area (Å²) < 4.78 is 125. The van der Waals surface area contributed by atoms with Crippen LogP contribution >= 0.6 is 11.8 Å². The van der Waals surface area contributed by atoms with Crippen LogP contribution in [-0.2, 0) is 54.2 Å². The van der Waals surface area contributed by atoms with Crippen molar-refractivity contribution in [3.8, 4) is 11.4 Å². The Labute approximate surface area is 292 Å². The SMILES string of the molecule is Nc1cc(C(=O)O)c(N=Nc2ccc(SC#COOS(=O)(=O)O)cc2S(=O)(=O)O)c(N)c1N=Nc1ccc(S(=O)(=O)CCOS(=O)(=O)O)cc1.O. The summed E-state index contributed by atoms with van der Waals surface area (Å²) in [5, 5.41) is 27.1. The van der Waals surface area contributed by atoms with Gasteiger partial charge in [-0.3, -0.25) is 18.5 Å². The third-order valence-corrected chi connectivity index (χ3v) is 9.41. The highest BCUT2D eigenvalue weighted by Crippen LogP contribution is 2.42. The summed E-state index contributed by atoms with van der Waals surface area (Å²) in [4.78, 5) is 14.8. The van der Waals surface area contributed by atoms with Gasteiger partial charge in [-0.2, -0.15) is 30.4 Å². The van der Waals surface area contributed by atoms with Gasteiger partial charge in [-0.1, -0.05) is 0 Å². The number of carboxylic acid groups (broad SMARTS) is 1. The summed E-state index contributed by atoms with van der Waals surface area (Å²) in [5.74, 6) is -2.37. The number of hydrogen-bond donors (Lipinski definition) is 6. The molecule has 3 aromatic rings. The topological polar surface area (TPSA) is 395 Å². The number of benzene rings is 3. The van der Waals surface area contributed by atoms with E-state index in [1.54, 1.807) is 6.11 Å². The summed E-state index contributed by atoms with van der Waals surface area (Å²) in [6, 6.07) is 8.64. The Bertz CT molecular complexity index is 2370. The van der Waals surface area contributed by atoms with E-state index >= 15 is 0 Å². The van der Waals surface area contributed by atoms with E-state index < -0.39 is 86.6 Å². The maximum atomic E-state index is 12.4. The van der Waals surface area contributed by atoms with Crippen LogP contribution in [0.5, 0.6) is 0 Å². The van der Waals surface area contributed by atoms with Gasteiger partial charge in [0, 0.05) is 10.1 Å². The number of aromatic carboxylic acids is 1. The summed E-state index contributed by atoms with van der Waals surface area (Å²) in [5.41, 5.74) is 9.30. The van der Waals surface area contributed by atoms with Gasteiger partial charge < -0.3 is 22.1 Å². The lowest BCUT2D eigenvalue weighted by Crippen LogP contribution is -2.15. The van der Waals surface area contributed by atoms with Gasteiger partial charge in [-0.05, 0) is 64.6 Å². The second kappa shape index (κ2) is 16.9. The third-order valence-electron chi connectivity index (χ3n) is 5.45. The molecule has 0 saturated carbocycles. The largest absolute Gasteiger partial charge is 0.478 e. The highest BCUT2D eigenvalue weighted by molar-refractivity contribution is 8.04. The fourth-order valence-corrected chi connectivity index (χ4v) is 6.23. The molecule has 276 valence electrons. The number of azo groups is 2. The van der Waals surface area contributed by atoms with E-state index in [0.717, 1.165) is 30.3 Å². The molecule has 0 aromatic heterocycles. The Balaban J connectivity index is 0.00000901. The molecule has 0 aliphatic rings. The smallest absolute Gasteiger partial charge is 0.433 e. The van der Waals surface area contributed by atoms with Crippen LogP contribution in [0.2, 0.25) is 0 Å². The molecule has 3 rings (SSSR count). The zero-order valence-electron chi connectivity index (χ0n) is 24.7. The maximum absolute atomic E-state index is 12.4. The van der Waals surface area contributed by atoms with Crippen LogP contribution in [0.25, 0.3) is 0 Å². The molecule has 0 spiro atoms. The number of hydrogen-bond acceptors (Lipinski definition) is 19. The minimum Gasteiger partial charge on any atom is -0.478 e. The van der Waals surface area contributed by atoms with Crippen LogP contribution in [0.1, 0.15) is 10.4 Å². The molecule has 0 amide bonds. The normalized spacial score (nSPS) is 12.3. The van der Waals surface area contributed by atoms with Crippen molar-refractivity contribution in [3.63, 3.8) is 0 Å². The first-order valence-electron chi connectivity index (χ1n) is 12.4. The molecule has 0 aliphatic carbocycles. The highest BCUT2D eigenvalue weighted by Gasteiger charge is 2.22. The minimum atomic E-state index is -4.99. The molecule has 0 aliphatic heterocycles. The van der Waals surface area contributed by atoms with Crippen LogP contribution in [0.4, 0.5) is 34.1 Å². The number of sulfone groups is 1. The molecule has 23 nitrogen and oxygen atoms in total. The highest BCUT2D eigenvalue weighted by atomic mass is 32.3. The molecular formula is C23H22N6O17S5. The Hall–Kier alpha value is -4.80. The number of rotatable bonds is 14. The zero-order valence-corrected chi connectivity index (χ0v) is 28.8. The predicted octanol–water partition coefficient (Wildman–Crippen LogP) is 2.16. The summed E-state index contributed by atoms with van der Waals surface area (Å²) >= 11 is 0.558. The van der Waals surface area contributed by atoms with E-state index in [-0.39, 0.29) is 32.3 Å².